The molecule has 1 saturated carbocycles. The number of benzene rings is 1. The summed E-state index contributed by atoms with van der Waals surface area (Å²) in [5.74, 6) is 0.663. The zero-order valence-corrected chi connectivity index (χ0v) is 10.8. The van der Waals surface area contributed by atoms with Crippen molar-refractivity contribution < 1.29 is 4.39 Å². The highest BCUT2D eigenvalue weighted by atomic mass is 32.1. The van der Waals surface area contributed by atoms with Gasteiger partial charge in [-0.05, 0) is 37.4 Å². The van der Waals surface area contributed by atoms with E-state index in [1.165, 1.54) is 18.9 Å². The van der Waals surface area contributed by atoms with Crippen LogP contribution in [0.5, 0.6) is 0 Å². The number of hydrogen-bond acceptors (Lipinski definition) is 3. The molecule has 0 bridgehead atoms. The summed E-state index contributed by atoms with van der Waals surface area (Å²) in [7, 11) is 0. The van der Waals surface area contributed by atoms with Gasteiger partial charge >= 0.3 is 0 Å². The molecule has 1 aromatic carbocycles. The van der Waals surface area contributed by atoms with E-state index in [2.05, 4.69) is 10.3 Å². The molecule has 0 unspecified atom stereocenters. The van der Waals surface area contributed by atoms with Gasteiger partial charge in [-0.3, -0.25) is 0 Å². The molecule has 0 saturated heterocycles. The SMILES string of the molecule is Fc1ccccc1-c1csc(CNCC2CC2)n1. The molecule has 1 aromatic heterocycles. The second-order valence-electron chi connectivity index (χ2n) is 4.68. The van der Waals surface area contributed by atoms with Crippen LogP contribution >= 0.6 is 11.3 Å². The van der Waals surface area contributed by atoms with Crippen molar-refractivity contribution in [3.63, 3.8) is 0 Å². The molecule has 1 fully saturated rings. The van der Waals surface area contributed by atoms with Crippen LogP contribution in [0.4, 0.5) is 4.39 Å². The van der Waals surface area contributed by atoms with E-state index in [9.17, 15) is 4.39 Å². The number of rotatable bonds is 5. The topological polar surface area (TPSA) is 24.9 Å². The Morgan fingerprint density at radius 1 is 1.33 bits per heavy atom. The third kappa shape index (κ3) is 2.76. The van der Waals surface area contributed by atoms with Gasteiger partial charge in [0.25, 0.3) is 0 Å². The summed E-state index contributed by atoms with van der Waals surface area (Å²) in [6.07, 6.45) is 2.71. The predicted octanol–water partition coefficient (Wildman–Crippen LogP) is 3.45. The summed E-state index contributed by atoms with van der Waals surface area (Å²) in [4.78, 5) is 4.47. The lowest BCUT2D eigenvalue weighted by Gasteiger charge is -2.00. The molecular formula is C14H15FN2S. The number of hydrogen-bond donors (Lipinski definition) is 1. The van der Waals surface area contributed by atoms with Crippen LogP contribution in [0.25, 0.3) is 11.3 Å². The quantitative estimate of drug-likeness (QED) is 0.892. The molecule has 94 valence electrons. The number of nitrogens with zero attached hydrogens (tertiary/aromatic N) is 1. The molecule has 0 atom stereocenters. The van der Waals surface area contributed by atoms with Gasteiger partial charge in [0.15, 0.2) is 0 Å². The van der Waals surface area contributed by atoms with E-state index in [0.717, 1.165) is 29.7 Å². The zero-order chi connectivity index (χ0) is 12.4. The van der Waals surface area contributed by atoms with Gasteiger partial charge in [0, 0.05) is 17.5 Å². The van der Waals surface area contributed by atoms with E-state index in [0.29, 0.717) is 5.56 Å². The van der Waals surface area contributed by atoms with Gasteiger partial charge in [0.05, 0.1) is 5.69 Å². The first-order chi connectivity index (χ1) is 8.83. The van der Waals surface area contributed by atoms with Crippen molar-refractivity contribution >= 4 is 11.3 Å². The maximum Gasteiger partial charge on any atom is 0.132 e. The summed E-state index contributed by atoms with van der Waals surface area (Å²) in [5, 5.41) is 6.34. The minimum atomic E-state index is -0.208. The van der Waals surface area contributed by atoms with Gasteiger partial charge in [-0.2, -0.15) is 0 Å². The molecule has 1 heterocycles. The monoisotopic (exact) mass is 262 g/mol. The van der Waals surface area contributed by atoms with Crippen molar-refractivity contribution in [3.8, 4) is 11.3 Å². The van der Waals surface area contributed by atoms with Gasteiger partial charge in [-0.1, -0.05) is 12.1 Å². The fourth-order valence-electron chi connectivity index (χ4n) is 1.89. The molecule has 18 heavy (non-hydrogen) atoms. The van der Waals surface area contributed by atoms with Crippen LogP contribution in [0.1, 0.15) is 17.8 Å². The molecule has 3 rings (SSSR count). The fourth-order valence-corrected chi connectivity index (χ4v) is 2.65. The van der Waals surface area contributed by atoms with E-state index in [-0.39, 0.29) is 5.82 Å². The number of aromatic nitrogens is 1. The lowest BCUT2D eigenvalue weighted by atomic mass is 10.2. The highest BCUT2D eigenvalue weighted by Gasteiger charge is 2.20. The van der Waals surface area contributed by atoms with Gasteiger partial charge in [0.1, 0.15) is 10.8 Å². The molecule has 1 aliphatic rings. The number of nitrogens with one attached hydrogen (secondary N) is 1. The first-order valence-corrected chi connectivity index (χ1v) is 7.11. The Labute approximate surface area is 110 Å². The second-order valence-corrected chi connectivity index (χ2v) is 5.62. The van der Waals surface area contributed by atoms with Crippen molar-refractivity contribution in [2.75, 3.05) is 6.54 Å². The molecule has 1 N–H and O–H groups in total. The van der Waals surface area contributed by atoms with Gasteiger partial charge < -0.3 is 5.32 Å². The molecule has 0 radical (unpaired) electrons. The van der Waals surface area contributed by atoms with E-state index in [4.69, 9.17) is 0 Å². The third-order valence-electron chi connectivity index (χ3n) is 3.11. The third-order valence-corrected chi connectivity index (χ3v) is 3.96. The van der Waals surface area contributed by atoms with E-state index >= 15 is 0 Å². The number of thiazole rings is 1. The van der Waals surface area contributed by atoms with Crippen molar-refractivity contribution in [3.05, 3.63) is 40.5 Å². The standard InChI is InChI=1S/C14H15FN2S/c15-12-4-2-1-3-11(12)13-9-18-14(17-13)8-16-7-10-5-6-10/h1-4,9-10,16H,5-8H2. The Kier molecular flexibility index (Phi) is 3.39. The fraction of sp³-hybridized carbons (Fsp3) is 0.357. The summed E-state index contributed by atoms with van der Waals surface area (Å²) < 4.78 is 13.6. The Hall–Kier alpha value is -1.26. The van der Waals surface area contributed by atoms with Gasteiger partial charge in [0.2, 0.25) is 0 Å². The maximum atomic E-state index is 13.6. The Bertz CT molecular complexity index is 534. The highest BCUT2D eigenvalue weighted by Crippen LogP contribution is 2.28. The largest absolute Gasteiger partial charge is 0.310 e. The number of halogens is 1. The predicted molar refractivity (Wildman–Crippen MR) is 71.9 cm³/mol. The van der Waals surface area contributed by atoms with E-state index in [1.807, 2.05) is 11.4 Å². The molecule has 1 aliphatic carbocycles. The van der Waals surface area contributed by atoms with Gasteiger partial charge in [-0.15, -0.1) is 11.3 Å². The molecule has 0 amide bonds. The normalized spacial score (nSPS) is 14.9. The first-order valence-electron chi connectivity index (χ1n) is 6.23. The Morgan fingerprint density at radius 3 is 2.94 bits per heavy atom. The minimum absolute atomic E-state index is 0.208. The Balaban J connectivity index is 1.66. The average molecular weight is 262 g/mol. The average Bonchev–Trinajstić information content (AvgIpc) is 3.08. The highest BCUT2D eigenvalue weighted by molar-refractivity contribution is 7.09. The summed E-state index contributed by atoms with van der Waals surface area (Å²) in [6.45, 7) is 1.87. The van der Waals surface area contributed by atoms with Crippen LogP contribution in [0.15, 0.2) is 29.6 Å². The van der Waals surface area contributed by atoms with Crippen LogP contribution in [0.2, 0.25) is 0 Å². The smallest absolute Gasteiger partial charge is 0.132 e. The molecular weight excluding hydrogens is 247 g/mol. The summed E-state index contributed by atoms with van der Waals surface area (Å²) in [6, 6.07) is 6.78. The first kappa shape index (κ1) is 11.8. The van der Waals surface area contributed by atoms with Crippen LogP contribution in [0.3, 0.4) is 0 Å². The maximum absolute atomic E-state index is 13.6. The van der Waals surface area contributed by atoms with Crippen molar-refractivity contribution in [1.82, 2.24) is 10.3 Å². The molecule has 4 heteroatoms. The molecule has 0 spiro atoms. The molecule has 2 nitrogen and oxygen atoms in total. The van der Waals surface area contributed by atoms with E-state index in [1.54, 1.807) is 23.5 Å². The van der Waals surface area contributed by atoms with Crippen LogP contribution in [-0.2, 0) is 6.54 Å². The minimum Gasteiger partial charge on any atom is -0.310 e. The van der Waals surface area contributed by atoms with Gasteiger partial charge in [-0.25, -0.2) is 9.37 Å². The molecule has 0 aliphatic heterocycles. The van der Waals surface area contributed by atoms with E-state index < -0.39 is 0 Å². The summed E-state index contributed by atoms with van der Waals surface area (Å²) >= 11 is 1.58. The Morgan fingerprint density at radius 2 is 2.17 bits per heavy atom. The lowest BCUT2D eigenvalue weighted by Crippen LogP contribution is -2.15. The lowest BCUT2D eigenvalue weighted by molar-refractivity contribution is 0.629. The van der Waals surface area contributed by atoms with Crippen molar-refractivity contribution in [1.29, 1.82) is 0 Å². The van der Waals surface area contributed by atoms with Crippen molar-refractivity contribution in [2.45, 2.75) is 19.4 Å². The van der Waals surface area contributed by atoms with Crippen LogP contribution in [0, 0.1) is 11.7 Å². The summed E-state index contributed by atoms with van der Waals surface area (Å²) in [5.41, 5.74) is 1.32. The van der Waals surface area contributed by atoms with Crippen LogP contribution < -0.4 is 5.32 Å². The second kappa shape index (κ2) is 5.16. The van der Waals surface area contributed by atoms with Crippen LogP contribution in [-0.4, -0.2) is 11.5 Å². The zero-order valence-electron chi connectivity index (χ0n) is 10.0. The molecule has 2 aromatic rings. The van der Waals surface area contributed by atoms with Crippen molar-refractivity contribution in [2.24, 2.45) is 5.92 Å².